The van der Waals surface area contributed by atoms with Gasteiger partial charge in [0.1, 0.15) is 12.4 Å². The van der Waals surface area contributed by atoms with Crippen molar-refractivity contribution >= 4 is 11.6 Å². The number of ether oxygens (including phenoxy) is 4. The number of carbonyl (C=O) groups excluding carboxylic acids is 1. The fraction of sp³-hybridized carbons (Fsp3) is 0.409. The number of hydrogen-bond acceptors (Lipinski definition) is 5. The van der Waals surface area contributed by atoms with Gasteiger partial charge < -0.3 is 24.3 Å². The lowest BCUT2D eigenvalue weighted by atomic mass is 10.2. The molecule has 2 aliphatic rings. The summed E-state index contributed by atoms with van der Waals surface area (Å²) in [6.07, 6.45) is 4.01. The topological polar surface area (TPSA) is 66.0 Å². The van der Waals surface area contributed by atoms with E-state index in [4.69, 9.17) is 18.9 Å². The Morgan fingerprint density at radius 3 is 2.68 bits per heavy atom. The summed E-state index contributed by atoms with van der Waals surface area (Å²) in [5, 5.41) is 2.92. The fourth-order valence-corrected chi connectivity index (χ4v) is 3.62. The first-order valence-corrected chi connectivity index (χ1v) is 9.82. The fourth-order valence-electron chi connectivity index (χ4n) is 3.62. The third-order valence-electron chi connectivity index (χ3n) is 4.98. The molecule has 0 unspecified atom stereocenters. The van der Waals surface area contributed by atoms with Crippen LogP contribution in [0.1, 0.15) is 43.0 Å². The molecule has 2 aromatic carbocycles. The quantitative estimate of drug-likeness (QED) is 0.718. The van der Waals surface area contributed by atoms with Gasteiger partial charge in [0.05, 0.1) is 12.2 Å². The Labute approximate surface area is 164 Å². The number of fused-ring (bicyclic) bond motifs is 1. The maximum absolute atomic E-state index is 12.8. The van der Waals surface area contributed by atoms with Crippen LogP contribution in [0.15, 0.2) is 42.5 Å². The zero-order chi connectivity index (χ0) is 19.4. The molecule has 0 aromatic heterocycles. The van der Waals surface area contributed by atoms with Gasteiger partial charge in [0.2, 0.25) is 0 Å². The van der Waals surface area contributed by atoms with Gasteiger partial charge in [0.15, 0.2) is 11.5 Å². The van der Waals surface area contributed by atoms with Gasteiger partial charge >= 0.3 is 0 Å². The average molecular weight is 383 g/mol. The van der Waals surface area contributed by atoms with Crippen molar-refractivity contribution in [3.05, 3.63) is 48.0 Å². The van der Waals surface area contributed by atoms with Crippen LogP contribution < -0.4 is 19.5 Å². The Kier molecular flexibility index (Phi) is 5.39. The number of para-hydroxylation sites is 1. The molecule has 6 nitrogen and oxygen atoms in total. The number of rotatable bonds is 7. The van der Waals surface area contributed by atoms with Gasteiger partial charge in [-0.3, -0.25) is 4.79 Å². The second-order valence-corrected chi connectivity index (χ2v) is 6.98. The first-order chi connectivity index (χ1) is 13.7. The molecule has 1 aliphatic heterocycles. The standard InChI is InChI=1S/C22H25NO5/c1-2-25-13-14-26-18-8-4-3-7-17(18)21(24)23-16-9-10-19-20(15-16)28-22(27-19)11-5-6-12-22/h3-4,7-10,15H,2,5-6,11-14H2,1H3,(H,23,24). The zero-order valence-electron chi connectivity index (χ0n) is 16.0. The molecular weight excluding hydrogens is 358 g/mol. The number of carbonyl (C=O) groups is 1. The highest BCUT2D eigenvalue weighted by atomic mass is 16.7. The number of nitrogens with one attached hydrogen (secondary N) is 1. The normalized spacial score (nSPS) is 16.3. The molecule has 1 fully saturated rings. The third-order valence-corrected chi connectivity index (χ3v) is 4.98. The average Bonchev–Trinajstić information content (AvgIpc) is 3.31. The van der Waals surface area contributed by atoms with Crippen LogP contribution in [-0.2, 0) is 4.74 Å². The van der Waals surface area contributed by atoms with Crippen molar-refractivity contribution in [2.45, 2.75) is 38.4 Å². The van der Waals surface area contributed by atoms with Gasteiger partial charge in [-0.05, 0) is 44.0 Å². The van der Waals surface area contributed by atoms with Gasteiger partial charge in [-0.1, -0.05) is 12.1 Å². The Balaban J connectivity index is 1.44. The highest BCUT2D eigenvalue weighted by Gasteiger charge is 2.44. The Morgan fingerprint density at radius 2 is 1.86 bits per heavy atom. The van der Waals surface area contributed by atoms with Crippen LogP contribution in [0.3, 0.4) is 0 Å². The molecule has 0 saturated heterocycles. The molecule has 1 N–H and O–H groups in total. The summed E-state index contributed by atoms with van der Waals surface area (Å²) in [7, 11) is 0. The first kappa shape index (κ1) is 18.6. The van der Waals surface area contributed by atoms with Gasteiger partial charge in [-0.15, -0.1) is 0 Å². The van der Waals surface area contributed by atoms with Gasteiger partial charge in [0.25, 0.3) is 11.7 Å². The molecule has 4 rings (SSSR count). The molecule has 1 heterocycles. The third kappa shape index (κ3) is 3.92. The van der Waals surface area contributed by atoms with E-state index in [9.17, 15) is 4.79 Å². The van der Waals surface area contributed by atoms with Gasteiger partial charge in [0, 0.05) is 31.2 Å². The van der Waals surface area contributed by atoms with Crippen LogP contribution in [0.4, 0.5) is 5.69 Å². The number of amides is 1. The lowest BCUT2D eigenvalue weighted by Gasteiger charge is -2.21. The Hall–Kier alpha value is -2.73. The molecule has 2 aromatic rings. The monoisotopic (exact) mass is 383 g/mol. The first-order valence-electron chi connectivity index (χ1n) is 9.82. The van der Waals surface area contributed by atoms with Crippen molar-refractivity contribution in [3.63, 3.8) is 0 Å². The second kappa shape index (κ2) is 8.10. The molecule has 148 valence electrons. The van der Waals surface area contributed by atoms with Crippen molar-refractivity contribution < 1.29 is 23.7 Å². The predicted molar refractivity (Wildman–Crippen MR) is 105 cm³/mol. The van der Waals surface area contributed by atoms with E-state index >= 15 is 0 Å². The summed E-state index contributed by atoms with van der Waals surface area (Å²) in [4.78, 5) is 12.8. The van der Waals surface area contributed by atoms with E-state index in [-0.39, 0.29) is 5.91 Å². The minimum Gasteiger partial charge on any atom is -0.490 e. The van der Waals surface area contributed by atoms with Crippen molar-refractivity contribution in [3.8, 4) is 17.2 Å². The van der Waals surface area contributed by atoms with Crippen LogP contribution >= 0.6 is 0 Å². The molecular formula is C22H25NO5. The number of benzene rings is 2. The van der Waals surface area contributed by atoms with Gasteiger partial charge in [-0.2, -0.15) is 0 Å². The Morgan fingerprint density at radius 1 is 1.07 bits per heavy atom. The zero-order valence-corrected chi connectivity index (χ0v) is 16.0. The molecule has 1 amide bonds. The molecule has 1 saturated carbocycles. The van der Waals surface area contributed by atoms with E-state index < -0.39 is 5.79 Å². The van der Waals surface area contributed by atoms with Crippen LogP contribution in [0.5, 0.6) is 17.2 Å². The summed E-state index contributed by atoms with van der Waals surface area (Å²) in [5.74, 6) is 1.21. The number of hydrogen-bond donors (Lipinski definition) is 1. The largest absolute Gasteiger partial charge is 0.490 e. The lowest BCUT2D eigenvalue weighted by Crippen LogP contribution is -2.34. The minimum atomic E-state index is -0.508. The smallest absolute Gasteiger partial charge is 0.259 e. The van der Waals surface area contributed by atoms with Crippen LogP contribution in [-0.4, -0.2) is 31.5 Å². The predicted octanol–water partition coefficient (Wildman–Crippen LogP) is 4.40. The lowest BCUT2D eigenvalue weighted by molar-refractivity contribution is -0.0716. The summed E-state index contributed by atoms with van der Waals surface area (Å²) >= 11 is 0. The summed E-state index contributed by atoms with van der Waals surface area (Å²) in [5.41, 5.74) is 1.13. The van der Waals surface area contributed by atoms with E-state index in [2.05, 4.69) is 5.32 Å². The van der Waals surface area contributed by atoms with E-state index in [0.717, 1.165) is 31.4 Å². The van der Waals surface area contributed by atoms with E-state index in [1.165, 1.54) is 0 Å². The summed E-state index contributed by atoms with van der Waals surface area (Å²) < 4.78 is 23.1. The number of anilines is 1. The molecule has 0 bridgehead atoms. The summed E-state index contributed by atoms with van der Waals surface area (Å²) in [6, 6.07) is 12.7. The van der Waals surface area contributed by atoms with Crippen LogP contribution in [0.25, 0.3) is 0 Å². The van der Waals surface area contributed by atoms with Crippen molar-refractivity contribution in [1.29, 1.82) is 0 Å². The maximum Gasteiger partial charge on any atom is 0.259 e. The Bertz CT molecular complexity index is 845. The molecule has 1 aliphatic carbocycles. The molecule has 28 heavy (non-hydrogen) atoms. The second-order valence-electron chi connectivity index (χ2n) is 6.98. The van der Waals surface area contributed by atoms with E-state index in [0.29, 0.717) is 42.6 Å². The van der Waals surface area contributed by atoms with Crippen molar-refractivity contribution in [2.75, 3.05) is 25.1 Å². The molecule has 0 radical (unpaired) electrons. The van der Waals surface area contributed by atoms with Crippen LogP contribution in [0.2, 0.25) is 0 Å². The summed E-state index contributed by atoms with van der Waals surface area (Å²) in [6.45, 7) is 3.44. The van der Waals surface area contributed by atoms with Crippen LogP contribution in [0, 0.1) is 0 Å². The maximum atomic E-state index is 12.8. The SMILES string of the molecule is CCOCCOc1ccccc1C(=O)Nc1ccc2c(c1)OC1(CCCC1)O2. The van der Waals surface area contributed by atoms with Gasteiger partial charge in [-0.25, -0.2) is 0 Å². The van der Waals surface area contributed by atoms with E-state index in [1.807, 2.05) is 37.3 Å². The molecule has 1 spiro atoms. The van der Waals surface area contributed by atoms with Crippen molar-refractivity contribution in [1.82, 2.24) is 0 Å². The van der Waals surface area contributed by atoms with E-state index in [1.54, 1.807) is 12.1 Å². The highest BCUT2D eigenvalue weighted by Crippen LogP contribution is 2.47. The molecule has 6 heteroatoms. The molecule has 0 atom stereocenters. The minimum absolute atomic E-state index is 0.235. The highest BCUT2D eigenvalue weighted by molar-refractivity contribution is 6.06. The van der Waals surface area contributed by atoms with Crippen molar-refractivity contribution in [2.24, 2.45) is 0 Å².